The summed E-state index contributed by atoms with van der Waals surface area (Å²) in [4.78, 5) is 79.5. The van der Waals surface area contributed by atoms with E-state index in [2.05, 4.69) is 5.32 Å². The zero-order chi connectivity index (χ0) is 77.3. The van der Waals surface area contributed by atoms with Crippen molar-refractivity contribution < 1.29 is 112 Å². The third kappa shape index (κ3) is 23.5. The van der Waals surface area contributed by atoms with Crippen molar-refractivity contribution in [3.63, 3.8) is 0 Å². The fourth-order valence-electron chi connectivity index (χ4n) is 12.6. The fourth-order valence-corrected chi connectivity index (χ4v) is 14.9. The Morgan fingerprint density at radius 2 is 1.34 bits per heavy atom. The quantitative estimate of drug-likeness (QED) is 0.0231. The van der Waals surface area contributed by atoms with E-state index in [0.29, 0.717) is 37.8 Å². The van der Waals surface area contributed by atoms with Gasteiger partial charge in [0.05, 0.1) is 118 Å². The van der Waals surface area contributed by atoms with Gasteiger partial charge in [0, 0.05) is 47.4 Å². The van der Waals surface area contributed by atoms with Crippen LogP contribution in [0.25, 0.3) is 6.08 Å². The zero-order valence-corrected chi connectivity index (χ0v) is 64.5. The number of rotatable bonds is 20. The second-order valence-electron chi connectivity index (χ2n) is 26.6. The summed E-state index contributed by atoms with van der Waals surface area (Å²) in [6.45, 7) is 17.9. The first kappa shape index (κ1) is 87.6. The number of ether oxygens (including phenoxy) is 10. The second kappa shape index (κ2) is 39.0. The molecule has 3 aliphatic heterocycles. The lowest BCUT2D eigenvalue weighted by atomic mass is 9.74. The van der Waals surface area contributed by atoms with Crippen LogP contribution in [0.5, 0.6) is 23.0 Å². The number of phenolic OH excluding ortho intramolecular Hbond substituents is 2. The third-order valence-electron chi connectivity index (χ3n) is 18.4. The summed E-state index contributed by atoms with van der Waals surface area (Å²) in [6.07, 6.45) is -8.21. The molecular weight excluding hydrogens is 1450 g/mol. The first-order valence-electron chi connectivity index (χ1n) is 33.5. The molecular formula is C73H98Cl4N2O23S. The van der Waals surface area contributed by atoms with Crippen LogP contribution < -0.4 is 14.8 Å². The lowest BCUT2D eigenvalue weighted by molar-refractivity contribution is -0.319. The molecule has 572 valence electrons. The average molecular weight is 1550 g/mol. The maximum atomic E-state index is 14.3. The van der Waals surface area contributed by atoms with Gasteiger partial charge in [-0.1, -0.05) is 104 Å². The van der Waals surface area contributed by atoms with E-state index < -0.39 is 143 Å². The van der Waals surface area contributed by atoms with E-state index in [1.807, 2.05) is 25.9 Å². The van der Waals surface area contributed by atoms with Gasteiger partial charge in [0.1, 0.15) is 35.1 Å². The van der Waals surface area contributed by atoms with Crippen LogP contribution >= 0.6 is 58.2 Å². The minimum absolute atomic E-state index is 0.0327. The van der Waals surface area contributed by atoms with E-state index in [1.165, 1.54) is 77.5 Å². The Kier molecular flexibility index (Phi) is 33.2. The number of esters is 3. The SMILES string of the molecule is CCOC(=O)CCC(=O)O[C@H]1[C@H](O[C@@H]2[C@@H](C)[C@H](O[C@H]3C[C@@](C)(OC)[C@@H](O)[C@H](C)O3)[C@@H](C)C(=O)O[C@H](CC)[C@@](C)(O)[C@H](O)[C@@H](C)C(=O)[C@H](C)C[C@@]2(C)O)O[C@H](C)C[C@@H]1N(C)C.COc1ccc(/C=C/C(=O)Nc2ccccc2C(=O)O)cc1OC.Oc1c(Cl)cc(Cl)cc1Sc1cc(Cl)cc(Cl)c1O. The van der Waals surface area contributed by atoms with Gasteiger partial charge < -0.3 is 93.3 Å². The van der Waals surface area contributed by atoms with Gasteiger partial charge in [0.25, 0.3) is 0 Å². The molecule has 25 nitrogen and oxygen atoms in total. The van der Waals surface area contributed by atoms with Crippen molar-refractivity contribution in [1.82, 2.24) is 4.90 Å². The summed E-state index contributed by atoms with van der Waals surface area (Å²) in [5, 5.41) is 79.2. The Morgan fingerprint density at radius 3 is 1.89 bits per heavy atom. The predicted molar refractivity (Wildman–Crippen MR) is 387 cm³/mol. The van der Waals surface area contributed by atoms with E-state index in [0.717, 1.165) is 17.3 Å². The van der Waals surface area contributed by atoms with Gasteiger partial charge in [-0.05, 0) is 142 Å². The molecule has 4 aromatic carbocycles. The molecule has 1 amide bonds. The molecule has 0 unspecified atom stereocenters. The summed E-state index contributed by atoms with van der Waals surface area (Å²) in [5.74, 6) is -7.27. The number of aromatic carboxylic acids is 1. The summed E-state index contributed by atoms with van der Waals surface area (Å²) in [5.41, 5.74) is -4.04. The molecule has 3 aliphatic rings. The molecule has 0 saturated carbocycles. The number of carboxylic acids is 1. The number of anilines is 1. The number of halogens is 4. The van der Waals surface area contributed by atoms with E-state index in [4.69, 9.17) is 98.9 Å². The molecule has 0 aliphatic carbocycles. The van der Waals surface area contributed by atoms with Crippen LogP contribution in [0.2, 0.25) is 20.1 Å². The summed E-state index contributed by atoms with van der Waals surface area (Å²) >= 11 is 24.4. The number of hydrogen-bond acceptors (Lipinski definition) is 24. The number of Topliss-reactive ketones (excluding diaryl/α,β-unsaturated/α-hetero) is 1. The number of likely N-dealkylation sites (N-methyl/N-ethyl adjacent to an activating group) is 1. The fraction of sp³-hybridized carbons (Fsp3) is 0.562. The van der Waals surface area contributed by atoms with E-state index in [1.54, 1.807) is 92.0 Å². The number of carbonyl (C=O) groups excluding carboxylic acids is 5. The van der Waals surface area contributed by atoms with Crippen LogP contribution in [0.15, 0.2) is 82.6 Å². The number of cyclic esters (lactones) is 1. The van der Waals surface area contributed by atoms with Crippen molar-refractivity contribution in [2.75, 3.05) is 47.3 Å². The Balaban J connectivity index is 0.000000356. The number of aliphatic hydroxyl groups excluding tert-OH is 2. The Labute approximate surface area is 625 Å². The van der Waals surface area contributed by atoms with Gasteiger partial charge in [-0.3, -0.25) is 24.0 Å². The Hall–Kier alpha value is -6.05. The van der Waals surface area contributed by atoms with Crippen molar-refractivity contribution in [2.45, 2.75) is 209 Å². The van der Waals surface area contributed by atoms with Gasteiger partial charge >= 0.3 is 23.9 Å². The van der Waals surface area contributed by atoms with Crippen LogP contribution in [-0.4, -0.2) is 203 Å². The lowest BCUT2D eigenvalue weighted by Gasteiger charge is -2.49. The number of nitrogens with one attached hydrogen (secondary N) is 1. The largest absolute Gasteiger partial charge is 0.505 e. The molecule has 0 radical (unpaired) electrons. The van der Waals surface area contributed by atoms with Gasteiger partial charge in [0.15, 0.2) is 30.2 Å². The van der Waals surface area contributed by atoms with Crippen LogP contribution in [-0.2, 0) is 61.9 Å². The van der Waals surface area contributed by atoms with Crippen LogP contribution in [0.1, 0.15) is 131 Å². The minimum Gasteiger partial charge on any atom is -0.505 e. The van der Waals surface area contributed by atoms with Crippen molar-refractivity contribution in [3.8, 4) is 23.0 Å². The number of nitrogens with zero attached hydrogens (tertiary/aromatic N) is 1. The van der Waals surface area contributed by atoms with Crippen LogP contribution in [0.4, 0.5) is 5.69 Å². The van der Waals surface area contributed by atoms with E-state index in [-0.39, 0.29) is 71.5 Å². The molecule has 0 spiro atoms. The standard InChI is InChI=1S/C43H75NO16.C18H17NO5.C12H6Cl4O2S/c1-15-29-43(11,52)36(48)24(5)33(47)22(3)20-41(9,51)38(25(6)34(26(7)39(50)57-29)59-32-21-42(10,53-14)37(49)27(8)56-32)60-40-35(28(44(12)13)19-23(4)55-40)58-31(46)18-17-30(45)54-16-2;1-23-15-9-7-12(11-16(15)24-2)8-10-17(20)19-14-6-4-3-5-13(14)18(21)22;13-5-1-7(15)11(17)9(3-5)19-10-4-6(14)2-8(16)12(10)18/h22-29,32,34-38,40,48-49,51-52H,15-21H2,1-14H3;3-11H,1-2H3,(H,19,20)(H,21,22);1-4,17-18H/b;10-8+;/t22-,23-,24+,25+,26-,27+,28+,29-,32+,34+,35-,36-,37+,38-,40+,41-,42-,43-;;/m1../s1. The molecule has 103 heavy (non-hydrogen) atoms. The molecule has 3 heterocycles. The molecule has 18 atom stereocenters. The smallest absolute Gasteiger partial charge is 0.337 e. The molecule has 8 N–H and O–H groups in total. The number of hydrogen-bond donors (Lipinski definition) is 8. The van der Waals surface area contributed by atoms with Crippen molar-refractivity contribution >= 4 is 105 Å². The number of benzene rings is 4. The molecule has 7 rings (SSSR count). The van der Waals surface area contributed by atoms with Crippen LogP contribution in [0.3, 0.4) is 0 Å². The summed E-state index contributed by atoms with van der Waals surface area (Å²) < 4.78 is 59.1. The first-order valence-corrected chi connectivity index (χ1v) is 35.8. The number of methoxy groups -OCH3 is 3. The molecule has 3 fully saturated rings. The van der Waals surface area contributed by atoms with Gasteiger partial charge in [-0.15, -0.1) is 0 Å². The van der Waals surface area contributed by atoms with Crippen molar-refractivity contribution in [3.05, 3.63) is 104 Å². The molecule has 0 bridgehead atoms. The number of ketones is 1. The second-order valence-corrected chi connectivity index (χ2v) is 29.4. The number of phenols is 2. The maximum Gasteiger partial charge on any atom is 0.337 e. The Bertz CT molecular complexity index is 3530. The van der Waals surface area contributed by atoms with Crippen molar-refractivity contribution in [2.24, 2.45) is 23.7 Å². The first-order chi connectivity index (χ1) is 48.2. The Morgan fingerprint density at radius 1 is 0.748 bits per heavy atom. The molecule has 30 heteroatoms. The predicted octanol–water partition coefficient (Wildman–Crippen LogP) is 11.6. The molecule has 0 aromatic heterocycles. The third-order valence-corrected chi connectivity index (χ3v) is 20.4. The number of carboxylic acid groups (broad SMARTS) is 1. The highest BCUT2D eigenvalue weighted by Crippen LogP contribution is 2.47. The zero-order valence-electron chi connectivity index (χ0n) is 60.6. The van der Waals surface area contributed by atoms with Crippen molar-refractivity contribution in [1.29, 1.82) is 0 Å². The highest BCUT2D eigenvalue weighted by Gasteiger charge is 2.54. The summed E-state index contributed by atoms with van der Waals surface area (Å²) in [6, 6.07) is 16.9. The number of carbonyl (C=O) groups is 6. The normalized spacial score (nSPS) is 29.9. The van der Waals surface area contributed by atoms with Gasteiger partial charge in [0.2, 0.25) is 5.91 Å². The van der Waals surface area contributed by atoms with E-state index in [9.17, 15) is 59.4 Å². The topological polar surface area (TPSA) is 352 Å². The minimum atomic E-state index is -2.04. The summed E-state index contributed by atoms with van der Waals surface area (Å²) in [7, 11) is 8.17. The number of para-hydroxylation sites is 1. The van der Waals surface area contributed by atoms with Gasteiger partial charge in [-0.25, -0.2) is 4.79 Å². The molecule has 3 saturated heterocycles. The molecule has 4 aromatic rings. The highest BCUT2D eigenvalue weighted by atomic mass is 35.5. The maximum absolute atomic E-state index is 14.3. The monoisotopic (exact) mass is 1540 g/mol. The van der Waals surface area contributed by atoms with Gasteiger partial charge in [-0.2, -0.15) is 0 Å². The lowest BCUT2D eigenvalue weighted by Crippen LogP contribution is -2.61. The number of aliphatic hydroxyl groups is 4. The average Bonchev–Trinajstić information content (AvgIpc) is 0.776. The van der Waals surface area contributed by atoms with Crippen LogP contribution in [0, 0.1) is 23.7 Å². The number of aromatic hydroxyl groups is 2. The highest BCUT2D eigenvalue weighted by molar-refractivity contribution is 7.99. The van der Waals surface area contributed by atoms with E-state index >= 15 is 0 Å². The number of amides is 1.